The molecule has 3 rings (SSSR count). The van der Waals surface area contributed by atoms with Crippen LogP contribution in [-0.4, -0.2) is 35.9 Å². The monoisotopic (exact) mass is 381 g/mol. The van der Waals surface area contributed by atoms with Gasteiger partial charge in [0.15, 0.2) is 5.66 Å². The smallest absolute Gasteiger partial charge is 0.226 e. The van der Waals surface area contributed by atoms with Gasteiger partial charge in [-0.05, 0) is 37.1 Å². The molecule has 0 fully saturated rings. The number of benzene rings is 2. The van der Waals surface area contributed by atoms with Gasteiger partial charge in [-0.1, -0.05) is 49.4 Å². The van der Waals surface area contributed by atoms with Crippen LogP contribution in [-0.2, 0) is 4.84 Å². The largest absolute Gasteiger partial charge is 0.493 e. The lowest BCUT2D eigenvalue weighted by molar-refractivity contribution is -0.167. The van der Waals surface area contributed by atoms with Crippen molar-refractivity contribution in [3.8, 4) is 16.9 Å². The Kier molecular flexibility index (Phi) is 5.84. The van der Waals surface area contributed by atoms with Crippen LogP contribution in [0.15, 0.2) is 64.6 Å². The van der Waals surface area contributed by atoms with E-state index in [2.05, 4.69) is 34.3 Å². The van der Waals surface area contributed by atoms with Crippen LogP contribution in [0.3, 0.4) is 0 Å². The first-order valence-corrected chi connectivity index (χ1v) is 9.26. The van der Waals surface area contributed by atoms with E-state index in [-0.39, 0.29) is 17.8 Å². The summed E-state index contributed by atoms with van der Waals surface area (Å²) in [6.45, 7) is 6.69. The minimum atomic E-state index is -0.705. The van der Waals surface area contributed by atoms with E-state index in [1.807, 2.05) is 51.1 Å². The third kappa shape index (κ3) is 4.80. The number of nitrogens with zero attached hydrogens (tertiary/aromatic N) is 3. The lowest BCUT2D eigenvalue weighted by atomic mass is 10.1. The van der Waals surface area contributed by atoms with E-state index < -0.39 is 5.66 Å². The summed E-state index contributed by atoms with van der Waals surface area (Å²) >= 11 is 0. The maximum Gasteiger partial charge on any atom is 0.226 e. The molecule has 1 aliphatic rings. The highest BCUT2D eigenvalue weighted by atomic mass is 16.7. The average molecular weight is 381 g/mol. The zero-order valence-corrected chi connectivity index (χ0v) is 16.5. The van der Waals surface area contributed by atoms with E-state index in [9.17, 15) is 0 Å². The fourth-order valence-corrected chi connectivity index (χ4v) is 2.88. The minimum Gasteiger partial charge on any atom is -0.493 e. The summed E-state index contributed by atoms with van der Waals surface area (Å²) in [5.41, 5.74) is 13.2. The van der Waals surface area contributed by atoms with Gasteiger partial charge in [0.2, 0.25) is 11.9 Å². The molecule has 1 aliphatic heterocycles. The van der Waals surface area contributed by atoms with Gasteiger partial charge in [-0.3, -0.25) is 4.84 Å². The number of ether oxygens (including phenoxy) is 1. The maximum atomic E-state index is 5.92. The molecule has 2 aromatic carbocycles. The highest BCUT2D eigenvalue weighted by Crippen LogP contribution is 2.23. The van der Waals surface area contributed by atoms with Crippen LogP contribution >= 0.6 is 0 Å². The molecule has 7 heteroatoms. The molecule has 0 saturated heterocycles. The second kappa shape index (κ2) is 8.31. The number of hydrogen-bond acceptors (Lipinski definition) is 7. The van der Waals surface area contributed by atoms with Crippen LogP contribution in [0.5, 0.6) is 5.75 Å². The second-order valence-electron chi connectivity index (χ2n) is 7.33. The highest BCUT2D eigenvalue weighted by Gasteiger charge is 2.33. The molecule has 0 aliphatic carbocycles. The highest BCUT2D eigenvalue weighted by molar-refractivity contribution is 5.95. The number of guanidine groups is 2. The van der Waals surface area contributed by atoms with Gasteiger partial charge >= 0.3 is 0 Å². The fraction of sp³-hybridized carbons (Fsp3) is 0.333. The number of aliphatic imine (C=N–C) groups is 2. The minimum absolute atomic E-state index is 0.139. The van der Waals surface area contributed by atoms with E-state index in [4.69, 9.17) is 21.0 Å². The van der Waals surface area contributed by atoms with Gasteiger partial charge in [0, 0.05) is 5.92 Å². The van der Waals surface area contributed by atoms with Crippen molar-refractivity contribution in [3.63, 3.8) is 0 Å². The zero-order valence-electron chi connectivity index (χ0n) is 16.5. The first-order chi connectivity index (χ1) is 13.3. The van der Waals surface area contributed by atoms with Crippen molar-refractivity contribution in [2.24, 2.45) is 27.4 Å². The SMILES string of the molecule is C[C@H](COc1ccc(-c2ccccc2)cc1)CON1C(N)=NC(N)=NC1(C)C. The molecular weight excluding hydrogens is 354 g/mol. The number of hydrogen-bond donors (Lipinski definition) is 2. The van der Waals surface area contributed by atoms with Gasteiger partial charge in [0.25, 0.3) is 0 Å². The predicted octanol–water partition coefficient (Wildman–Crippen LogP) is 2.98. The summed E-state index contributed by atoms with van der Waals surface area (Å²) in [5.74, 6) is 1.31. The first-order valence-electron chi connectivity index (χ1n) is 9.26. The molecule has 0 saturated carbocycles. The van der Waals surface area contributed by atoms with Crippen LogP contribution in [0, 0.1) is 5.92 Å². The molecule has 1 heterocycles. The van der Waals surface area contributed by atoms with Crippen molar-refractivity contribution >= 4 is 11.9 Å². The van der Waals surface area contributed by atoms with E-state index in [0.717, 1.165) is 11.3 Å². The van der Waals surface area contributed by atoms with Crippen molar-refractivity contribution in [2.45, 2.75) is 26.4 Å². The summed E-state index contributed by atoms with van der Waals surface area (Å²) < 4.78 is 5.89. The summed E-state index contributed by atoms with van der Waals surface area (Å²) in [6, 6.07) is 18.3. The van der Waals surface area contributed by atoms with E-state index >= 15 is 0 Å². The zero-order chi connectivity index (χ0) is 20.1. The van der Waals surface area contributed by atoms with Crippen LogP contribution in [0.1, 0.15) is 20.8 Å². The quantitative estimate of drug-likeness (QED) is 0.768. The molecule has 4 N–H and O–H groups in total. The Labute approximate surface area is 165 Å². The van der Waals surface area contributed by atoms with Gasteiger partial charge in [0.1, 0.15) is 5.75 Å². The molecule has 1 atom stereocenters. The van der Waals surface area contributed by atoms with Crippen LogP contribution in [0.25, 0.3) is 11.1 Å². The fourth-order valence-electron chi connectivity index (χ4n) is 2.88. The van der Waals surface area contributed by atoms with Crippen LogP contribution in [0.2, 0.25) is 0 Å². The molecule has 0 radical (unpaired) electrons. The molecular formula is C21H27N5O2. The van der Waals surface area contributed by atoms with E-state index in [0.29, 0.717) is 13.2 Å². The molecule has 0 spiro atoms. The van der Waals surface area contributed by atoms with Crippen molar-refractivity contribution in [1.29, 1.82) is 0 Å². The standard InChI is InChI=1S/C21H27N5O2/c1-15(14-28-26-20(23)24-19(22)25-21(26,2)3)13-27-18-11-9-17(10-12-18)16-7-5-4-6-8-16/h4-12,15H,13-14H2,1-3H3,(H4,22,23,24,25)/t15-/m1/s1. The molecule has 148 valence electrons. The van der Waals surface area contributed by atoms with Crippen molar-refractivity contribution < 1.29 is 9.57 Å². The predicted molar refractivity (Wildman–Crippen MR) is 112 cm³/mol. The number of hydroxylamine groups is 2. The van der Waals surface area contributed by atoms with Gasteiger partial charge < -0.3 is 16.2 Å². The van der Waals surface area contributed by atoms with Gasteiger partial charge in [-0.25, -0.2) is 4.99 Å². The maximum absolute atomic E-state index is 5.92. The first kappa shape index (κ1) is 19.7. The Hall–Kier alpha value is -3.06. The van der Waals surface area contributed by atoms with Crippen molar-refractivity contribution in [1.82, 2.24) is 5.06 Å². The van der Waals surface area contributed by atoms with Crippen LogP contribution in [0.4, 0.5) is 0 Å². The third-order valence-electron chi connectivity index (χ3n) is 4.31. The Morgan fingerprint density at radius 2 is 1.61 bits per heavy atom. The topological polar surface area (TPSA) is 98.5 Å². The molecule has 0 bridgehead atoms. The summed E-state index contributed by atoms with van der Waals surface area (Å²) in [7, 11) is 0. The van der Waals surface area contributed by atoms with Crippen LogP contribution < -0.4 is 16.2 Å². The van der Waals surface area contributed by atoms with E-state index in [1.54, 1.807) is 0 Å². The Balaban J connectivity index is 1.49. The van der Waals surface area contributed by atoms with Gasteiger partial charge in [-0.2, -0.15) is 10.1 Å². The van der Waals surface area contributed by atoms with E-state index in [1.165, 1.54) is 10.6 Å². The summed E-state index contributed by atoms with van der Waals surface area (Å²) in [5, 5.41) is 1.48. The van der Waals surface area contributed by atoms with Crippen molar-refractivity contribution in [3.05, 3.63) is 54.6 Å². The molecule has 28 heavy (non-hydrogen) atoms. The summed E-state index contributed by atoms with van der Waals surface area (Å²) in [4.78, 5) is 14.0. The lowest BCUT2D eigenvalue weighted by Crippen LogP contribution is -2.54. The molecule has 0 aromatic heterocycles. The molecule has 0 amide bonds. The Morgan fingerprint density at radius 1 is 0.964 bits per heavy atom. The Morgan fingerprint density at radius 3 is 2.25 bits per heavy atom. The lowest BCUT2D eigenvalue weighted by Gasteiger charge is -2.37. The van der Waals surface area contributed by atoms with Gasteiger partial charge in [0.05, 0.1) is 13.2 Å². The average Bonchev–Trinajstić information content (AvgIpc) is 2.66. The van der Waals surface area contributed by atoms with Gasteiger partial charge in [-0.15, -0.1) is 0 Å². The Bertz CT molecular complexity index is 847. The molecule has 0 unspecified atom stereocenters. The third-order valence-corrected chi connectivity index (χ3v) is 4.31. The molecule has 7 nitrogen and oxygen atoms in total. The van der Waals surface area contributed by atoms with Crippen molar-refractivity contribution in [2.75, 3.05) is 13.2 Å². The summed E-state index contributed by atoms with van der Waals surface area (Å²) in [6.07, 6.45) is 0. The normalized spacial score (nSPS) is 16.9. The second-order valence-corrected chi connectivity index (χ2v) is 7.33. The number of rotatable bonds is 7. The number of nitrogens with two attached hydrogens (primary N) is 2. The molecule has 2 aromatic rings.